The molecule has 0 aromatic rings. The summed E-state index contributed by atoms with van der Waals surface area (Å²) in [5.41, 5.74) is 0. The third-order valence-electron chi connectivity index (χ3n) is 2.77. The normalized spacial score (nSPS) is 21.0. The summed E-state index contributed by atoms with van der Waals surface area (Å²) in [5, 5.41) is 3.48. The summed E-state index contributed by atoms with van der Waals surface area (Å²) in [4.78, 5) is 2.52. The Bertz CT molecular complexity index is 183. The molecule has 110 valence electrons. The number of morpholine rings is 1. The van der Waals surface area contributed by atoms with Gasteiger partial charge in [0.1, 0.15) is 0 Å². The van der Waals surface area contributed by atoms with Crippen LogP contribution in [0.1, 0.15) is 41.5 Å². The molecule has 0 aliphatic carbocycles. The zero-order valence-corrected chi connectivity index (χ0v) is 13.3. The van der Waals surface area contributed by atoms with Gasteiger partial charge in [-0.05, 0) is 18.4 Å². The first-order valence-electron chi connectivity index (χ1n) is 7.62. The van der Waals surface area contributed by atoms with Gasteiger partial charge < -0.3 is 10.1 Å². The molecule has 1 saturated heterocycles. The molecule has 1 heterocycles. The van der Waals surface area contributed by atoms with Crippen LogP contribution in [-0.4, -0.2) is 50.3 Å². The van der Waals surface area contributed by atoms with Gasteiger partial charge in [-0.15, -0.1) is 0 Å². The van der Waals surface area contributed by atoms with E-state index in [0.29, 0.717) is 6.10 Å². The van der Waals surface area contributed by atoms with Crippen LogP contribution in [0.4, 0.5) is 0 Å². The largest absolute Gasteiger partial charge is 0.374 e. The van der Waals surface area contributed by atoms with E-state index in [1.807, 2.05) is 13.8 Å². The Morgan fingerprint density at radius 2 is 1.83 bits per heavy atom. The van der Waals surface area contributed by atoms with E-state index in [1.54, 1.807) is 0 Å². The van der Waals surface area contributed by atoms with Gasteiger partial charge in [-0.25, -0.2) is 0 Å². The third kappa shape index (κ3) is 8.90. The van der Waals surface area contributed by atoms with Gasteiger partial charge in [0, 0.05) is 26.2 Å². The summed E-state index contributed by atoms with van der Waals surface area (Å²) >= 11 is 0. The van der Waals surface area contributed by atoms with Crippen molar-refractivity contribution in [3.63, 3.8) is 0 Å². The average molecular weight is 258 g/mol. The van der Waals surface area contributed by atoms with Crippen molar-refractivity contribution in [1.29, 1.82) is 0 Å². The molecule has 1 atom stereocenters. The quantitative estimate of drug-likeness (QED) is 0.792. The van der Waals surface area contributed by atoms with Gasteiger partial charge in [0.2, 0.25) is 0 Å². The molecule has 0 bridgehead atoms. The molecule has 18 heavy (non-hydrogen) atoms. The maximum absolute atomic E-state index is 5.77. The Balaban J connectivity index is 0.00000137. The highest BCUT2D eigenvalue weighted by Gasteiger charge is 2.20. The monoisotopic (exact) mass is 258 g/mol. The lowest BCUT2D eigenvalue weighted by atomic mass is 10.1. The first-order valence-corrected chi connectivity index (χ1v) is 7.62. The van der Waals surface area contributed by atoms with Gasteiger partial charge in [0.25, 0.3) is 0 Å². The Morgan fingerprint density at radius 1 is 1.17 bits per heavy atom. The first kappa shape index (κ1) is 17.9. The van der Waals surface area contributed by atoms with E-state index < -0.39 is 0 Å². The molecule has 0 amide bonds. The molecule has 0 spiro atoms. The highest BCUT2D eigenvalue weighted by Crippen LogP contribution is 2.07. The van der Waals surface area contributed by atoms with Crippen LogP contribution in [0.25, 0.3) is 0 Å². The highest BCUT2D eigenvalue weighted by molar-refractivity contribution is 4.74. The van der Waals surface area contributed by atoms with Crippen LogP contribution >= 0.6 is 0 Å². The van der Waals surface area contributed by atoms with Crippen molar-refractivity contribution in [3.8, 4) is 0 Å². The van der Waals surface area contributed by atoms with Gasteiger partial charge in [-0.2, -0.15) is 0 Å². The highest BCUT2D eigenvalue weighted by atomic mass is 16.5. The van der Waals surface area contributed by atoms with Gasteiger partial charge >= 0.3 is 0 Å². The number of ether oxygens (including phenoxy) is 1. The molecule has 1 aliphatic heterocycles. The third-order valence-corrected chi connectivity index (χ3v) is 2.77. The second-order valence-corrected chi connectivity index (χ2v) is 5.70. The lowest BCUT2D eigenvalue weighted by Gasteiger charge is -2.34. The van der Waals surface area contributed by atoms with Crippen molar-refractivity contribution in [2.45, 2.75) is 47.6 Å². The van der Waals surface area contributed by atoms with Crippen LogP contribution in [0.2, 0.25) is 0 Å². The van der Waals surface area contributed by atoms with E-state index in [-0.39, 0.29) is 0 Å². The molecule has 0 radical (unpaired) electrons. The van der Waals surface area contributed by atoms with Gasteiger partial charge in [-0.3, -0.25) is 4.90 Å². The second kappa shape index (κ2) is 10.8. The van der Waals surface area contributed by atoms with Crippen LogP contribution in [0.15, 0.2) is 0 Å². The van der Waals surface area contributed by atoms with Crippen LogP contribution < -0.4 is 5.32 Å². The van der Waals surface area contributed by atoms with Crippen LogP contribution in [0.5, 0.6) is 0 Å². The molecule has 1 aliphatic rings. The van der Waals surface area contributed by atoms with Crippen molar-refractivity contribution in [1.82, 2.24) is 10.2 Å². The molecule has 1 N–H and O–H groups in total. The SMILES string of the molecule is CC.CC(C)CNCC1CN(CC(C)C)CCO1. The molecule has 0 saturated carbocycles. The molecule has 1 rings (SSSR count). The van der Waals surface area contributed by atoms with E-state index in [1.165, 1.54) is 6.54 Å². The molecule has 0 aromatic carbocycles. The Labute approximate surface area is 114 Å². The number of nitrogens with one attached hydrogen (secondary N) is 1. The number of nitrogens with zero attached hydrogens (tertiary/aromatic N) is 1. The Morgan fingerprint density at radius 3 is 2.39 bits per heavy atom. The summed E-state index contributed by atoms with van der Waals surface area (Å²) in [6, 6.07) is 0. The van der Waals surface area contributed by atoms with Crippen LogP contribution in [-0.2, 0) is 4.74 Å². The van der Waals surface area contributed by atoms with E-state index >= 15 is 0 Å². The number of hydrogen-bond acceptors (Lipinski definition) is 3. The van der Waals surface area contributed by atoms with E-state index in [0.717, 1.165) is 44.6 Å². The topological polar surface area (TPSA) is 24.5 Å². The molecular weight excluding hydrogens is 224 g/mol. The summed E-state index contributed by atoms with van der Waals surface area (Å²) in [7, 11) is 0. The van der Waals surface area contributed by atoms with Crippen molar-refractivity contribution in [2.75, 3.05) is 39.3 Å². The minimum Gasteiger partial charge on any atom is -0.374 e. The smallest absolute Gasteiger partial charge is 0.0826 e. The van der Waals surface area contributed by atoms with Crippen LogP contribution in [0, 0.1) is 11.8 Å². The Kier molecular flexibility index (Phi) is 10.7. The van der Waals surface area contributed by atoms with Crippen molar-refractivity contribution in [3.05, 3.63) is 0 Å². The minimum atomic E-state index is 0.381. The molecule has 3 nitrogen and oxygen atoms in total. The molecule has 1 fully saturated rings. The summed E-state index contributed by atoms with van der Waals surface area (Å²) in [6.45, 7) is 19.4. The lowest BCUT2D eigenvalue weighted by Crippen LogP contribution is -2.47. The van der Waals surface area contributed by atoms with Crippen molar-refractivity contribution < 1.29 is 4.74 Å². The molecular formula is C15H34N2O. The molecule has 1 unspecified atom stereocenters. The van der Waals surface area contributed by atoms with Gasteiger partial charge in [-0.1, -0.05) is 41.5 Å². The van der Waals surface area contributed by atoms with Crippen molar-refractivity contribution in [2.24, 2.45) is 11.8 Å². The summed E-state index contributed by atoms with van der Waals surface area (Å²) in [5.74, 6) is 1.47. The number of rotatable bonds is 6. The first-order chi connectivity index (χ1) is 8.58. The second-order valence-electron chi connectivity index (χ2n) is 5.70. The minimum absolute atomic E-state index is 0.381. The van der Waals surface area contributed by atoms with E-state index in [2.05, 4.69) is 37.9 Å². The predicted octanol–water partition coefficient (Wildman–Crippen LogP) is 2.62. The zero-order chi connectivity index (χ0) is 14.0. The standard InChI is InChI=1S/C13H28N2O.C2H6/c1-11(2)7-14-8-13-10-15(5-6-16-13)9-12(3)4;1-2/h11-14H,5-10H2,1-4H3;1-2H3. The number of hydrogen-bond donors (Lipinski definition) is 1. The molecule has 0 aromatic heterocycles. The maximum atomic E-state index is 5.77. The zero-order valence-electron chi connectivity index (χ0n) is 13.3. The summed E-state index contributed by atoms with van der Waals surface area (Å²) in [6.07, 6.45) is 0.381. The maximum Gasteiger partial charge on any atom is 0.0826 e. The molecule has 3 heteroatoms. The summed E-state index contributed by atoms with van der Waals surface area (Å²) < 4.78 is 5.77. The fourth-order valence-electron chi connectivity index (χ4n) is 2.12. The van der Waals surface area contributed by atoms with E-state index in [4.69, 9.17) is 4.74 Å². The predicted molar refractivity (Wildman–Crippen MR) is 80.1 cm³/mol. The fraction of sp³-hybridized carbons (Fsp3) is 1.00. The van der Waals surface area contributed by atoms with Gasteiger partial charge in [0.15, 0.2) is 0 Å². The van der Waals surface area contributed by atoms with Gasteiger partial charge in [0.05, 0.1) is 12.7 Å². The van der Waals surface area contributed by atoms with E-state index in [9.17, 15) is 0 Å². The Hall–Kier alpha value is -0.120. The fourth-order valence-corrected chi connectivity index (χ4v) is 2.12. The average Bonchev–Trinajstić information content (AvgIpc) is 2.31. The van der Waals surface area contributed by atoms with Crippen LogP contribution in [0.3, 0.4) is 0 Å². The lowest BCUT2D eigenvalue weighted by molar-refractivity contribution is -0.0303. The van der Waals surface area contributed by atoms with Crippen molar-refractivity contribution >= 4 is 0 Å².